The topological polar surface area (TPSA) is 41.3 Å². The van der Waals surface area contributed by atoms with Gasteiger partial charge in [-0.15, -0.1) is 0 Å². The quantitative estimate of drug-likeness (QED) is 0.891. The minimum atomic E-state index is 0.588. The second-order valence-corrected chi connectivity index (χ2v) is 5.27. The Morgan fingerprint density at radius 3 is 1.95 bits per heavy atom. The van der Waals surface area contributed by atoms with E-state index in [0.29, 0.717) is 6.54 Å². The minimum Gasteiger partial charge on any atom is -0.372 e. The van der Waals surface area contributed by atoms with E-state index in [1.54, 1.807) is 0 Å². The first-order valence-corrected chi connectivity index (χ1v) is 7.26. The van der Waals surface area contributed by atoms with Crippen LogP contribution < -0.4 is 16.0 Å². The molecular formula is C17H21N3. The summed E-state index contributed by atoms with van der Waals surface area (Å²) in [5.41, 5.74) is 10.3. The van der Waals surface area contributed by atoms with Crippen LogP contribution in [0.25, 0.3) is 0 Å². The largest absolute Gasteiger partial charge is 0.372 e. The van der Waals surface area contributed by atoms with Crippen LogP contribution in [-0.2, 0) is 6.54 Å². The number of benzene rings is 2. The van der Waals surface area contributed by atoms with Gasteiger partial charge in [-0.05, 0) is 54.8 Å². The highest BCUT2D eigenvalue weighted by atomic mass is 15.1. The summed E-state index contributed by atoms with van der Waals surface area (Å²) < 4.78 is 0. The Labute approximate surface area is 120 Å². The molecule has 0 unspecified atom stereocenters. The van der Waals surface area contributed by atoms with Crippen molar-refractivity contribution in [1.29, 1.82) is 0 Å². The van der Waals surface area contributed by atoms with Crippen LogP contribution in [0.5, 0.6) is 0 Å². The first-order chi connectivity index (χ1) is 9.85. The monoisotopic (exact) mass is 267 g/mol. The van der Waals surface area contributed by atoms with E-state index in [-0.39, 0.29) is 0 Å². The van der Waals surface area contributed by atoms with Crippen LogP contribution >= 0.6 is 0 Å². The summed E-state index contributed by atoms with van der Waals surface area (Å²) >= 11 is 0. The van der Waals surface area contributed by atoms with Gasteiger partial charge in [0, 0.05) is 36.7 Å². The molecule has 0 amide bonds. The molecule has 0 saturated carbocycles. The zero-order valence-corrected chi connectivity index (χ0v) is 11.7. The molecule has 0 spiro atoms. The third kappa shape index (κ3) is 2.94. The van der Waals surface area contributed by atoms with Gasteiger partial charge in [-0.25, -0.2) is 0 Å². The van der Waals surface area contributed by atoms with Gasteiger partial charge < -0.3 is 16.0 Å². The Morgan fingerprint density at radius 1 is 0.850 bits per heavy atom. The molecule has 2 aromatic rings. The van der Waals surface area contributed by atoms with Gasteiger partial charge >= 0.3 is 0 Å². The highest BCUT2D eigenvalue weighted by Crippen LogP contribution is 2.24. The lowest BCUT2D eigenvalue weighted by Gasteiger charge is -2.18. The van der Waals surface area contributed by atoms with Gasteiger partial charge in [0.1, 0.15) is 0 Å². The zero-order chi connectivity index (χ0) is 13.8. The van der Waals surface area contributed by atoms with E-state index in [1.165, 1.54) is 31.6 Å². The third-order valence-corrected chi connectivity index (χ3v) is 3.82. The van der Waals surface area contributed by atoms with Gasteiger partial charge in [0.15, 0.2) is 0 Å². The lowest BCUT2D eigenvalue weighted by molar-refractivity contribution is 0.949. The molecule has 3 heteroatoms. The molecule has 0 bridgehead atoms. The molecule has 0 aromatic heterocycles. The van der Waals surface area contributed by atoms with Gasteiger partial charge in [0.25, 0.3) is 0 Å². The molecule has 3 N–H and O–H groups in total. The summed E-state index contributed by atoms with van der Waals surface area (Å²) in [6, 6.07) is 16.9. The molecule has 1 heterocycles. The number of anilines is 3. The molecule has 1 aliphatic heterocycles. The van der Waals surface area contributed by atoms with Gasteiger partial charge in [-0.1, -0.05) is 12.1 Å². The van der Waals surface area contributed by atoms with Crippen LogP contribution in [0.2, 0.25) is 0 Å². The van der Waals surface area contributed by atoms with Crippen molar-refractivity contribution in [3.8, 4) is 0 Å². The van der Waals surface area contributed by atoms with Crippen molar-refractivity contribution in [3.63, 3.8) is 0 Å². The molecule has 1 aliphatic rings. The van der Waals surface area contributed by atoms with Gasteiger partial charge in [0.2, 0.25) is 0 Å². The smallest absolute Gasteiger partial charge is 0.0385 e. The maximum atomic E-state index is 5.60. The van der Waals surface area contributed by atoms with Gasteiger partial charge in [-0.3, -0.25) is 0 Å². The molecular weight excluding hydrogens is 246 g/mol. The second-order valence-electron chi connectivity index (χ2n) is 5.27. The van der Waals surface area contributed by atoms with Crippen molar-refractivity contribution < 1.29 is 0 Å². The first-order valence-electron chi connectivity index (χ1n) is 7.26. The molecule has 20 heavy (non-hydrogen) atoms. The van der Waals surface area contributed by atoms with Gasteiger partial charge in [-0.2, -0.15) is 0 Å². The Balaban J connectivity index is 1.67. The van der Waals surface area contributed by atoms with E-state index < -0.39 is 0 Å². The number of nitrogens with two attached hydrogens (primary N) is 1. The fraction of sp³-hybridized carbons (Fsp3) is 0.294. The van der Waals surface area contributed by atoms with E-state index >= 15 is 0 Å². The molecule has 0 atom stereocenters. The maximum absolute atomic E-state index is 5.60. The average molecular weight is 267 g/mol. The molecule has 0 radical (unpaired) electrons. The lowest BCUT2D eigenvalue weighted by Crippen LogP contribution is -2.17. The van der Waals surface area contributed by atoms with Crippen LogP contribution in [0.1, 0.15) is 18.4 Å². The zero-order valence-electron chi connectivity index (χ0n) is 11.7. The summed E-state index contributed by atoms with van der Waals surface area (Å²) in [6.07, 6.45) is 2.63. The SMILES string of the molecule is NCc1ccc(Nc2ccc(N3CCCC3)cc2)cc1. The summed E-state index contributed by atoms with van der Waals surface area (Å²) in [4.78, 5) is 2.44. The predicted octanol–water partition coefficient (Wildman–Crippen LogP) is 3.49. The summed E-state index contributed by atoms with van der Waals surface area (Å²) in [6.45, 7) is 2.96. The van der Waals surface area contributed by atoms with Crippen LogP contribution in [-0.4, -0.2) is 13.1 Å². The minimum absolute atomic E-state index is 0.588. The van der Waals surface area contributed by atoms with Crippen molar-refractivity contribution in [2.24, 2.45) is 5.73 Å². The van der Waals surface area contributed by atoms with E-state index in [9.17, 15) is 0 Å². The molecule has 3 rings (SSSR count). The Hall–Kier alpha value is -2.00. The standard InChI is InChI=1S/C17H21N3/c18-13-14-3-5-15(6-4-14)19-16-7-9-17(10-8-16)20-11-1-2-12-20/h3-10,19H,1-2,11-13,18H2. The Morgan fingerprint density at radius 2 is 1.40 bits per heavy atom. The average Bonchev–Trinajstić information content (AvgIpc) is 3.03. The number of hydrogen-bond acceptors (Lipinski definition) is 3. The number of hydrogen-bond donors (Lipinski definition) is 2. The molecule has 0 aliphatic carbocycles. The van der Waals surface area contributed by atoms with Crippen molar-refractivity contribution in [2.75, 3.05) is 23.3 Å². The fourth-order valence-electron chi connectivity index (χ4n) is 2.62. The van der Waals surface area contributed by atoms with Crippen LogP contribution in [0.4, 0.5) is 17.1 Å². The van der Waals surface area contributed by atoms with E-state index in [0.717, 1.165) is 16.9 Å². The molecule has 1 saturated heterocycles. The predicted molar refractivity (Wildman–Crippen MR) is 85.5 cm³/mol. The van der Waals surface area contributed by atoms with Crippen LogP contribution in [0.15, 0.2) is 48.5 Å². The van der Waals surface area contributed by atoms with E-state index in [1.807, 2.05) is 0 Å². The fourth-order valence-corrected chi connectivity index (χ4v) is 2.62. The molecule has 2 aromatic carbocycles. The van der Waals surface area contributed by atoms with Gasteiger partial charge in [0.05, 0.1) is 0 Å². The van der Waals surface area contributed by atoms with Crippen molar-refractivity contribution in [1.82, 2.24) is 0 Å². The van der Waals surface area contributed by atoms with Crippen LogP contribution in [0, 0.1) is 0 Å². The molecule has 104 valence electrons. The Kier molecular flexibility index (Phi) is 3.88. The first kappa shape index (κ1) is 13.0. The summed E-state index contributed by atoms with van der Waals surface area (Å²) in [5.74, 6) is 0. The number of rotatable bonds is 4. The van der Waals surface area contributed by atoms with Crippen molar-refractivity contribution in [2.45, 2.75) is 19.4 Å². The van der Waals surface area contributed by atoms with E-state index in [2.05, 4.69) is 58.7 Å². The van der Waals surface area contributed by atoms with E-state index in [4.69, 9.17) is 5.73 Å². The Bertz CT molecular complexity index is 539. The third-order valence-electron chi connectivity index (χ3n) is 3.82. The normalized spacial score (nSPS) is 14.6. The number of nitrogens with zero attached hydrogens (tertiary/aromatic N) is 1. The summed E-state index contributed by atoms with van der Waals surface area (Å²) in [7, 11) is 0. The summed E-state index contributed by atoms with van der Waals surface area (Å²) in [5, 5.41) is 3.41. The molecule has 1 fully saturated rings. The molecule has 3 nitrogen and oxygen atoms in total. The maximum Gasteiger partial charge on any atom is 0.0385 e. The van der Waals surface area contributed by atoms with Crippen molar-refractivity contribution >= 4 is 17.1 Å². The van der Waals surface area contributed by atoms with Crippen LogP contribution in [0.3, 0.4) is 0 Å². The lowest BCUT2D eigenvalue weighted by atomic mass is 10.2. The second kappa shape index (κ2) is 5.97. The number of nitrogens with one attached hydrogen (secondary N) is 1. The van der Waals surface area contributed by atoms with Crippen molar-refractivity contribution in [3.05, 3.63) is 54.1 Å². The highest BCUT2D eigenvalue weighted by molar-refractivity contribution is 5.63. The highest BCUT2D eigenvalue weighted by Gasteiger charge is 2.11.